The highest BCUT2D eigenvalue weighted by Crippen LogP contribution is 2.25. The first-order valence-corrected chi connectivity index (χ1v) is 6.15. The number of nitrogens with zero attached hydrogens (tertiary/aromatic N) is 2. The lowest BCUT2D eigenvalue weighted by Crippen LogP contribution is -2.32. The highest BCUT2D eigenvalue weighted by molar-refractivity contribution is 6.32. The normalized spacial score (nSPS) is 13.8. The molecule has 4 nitrogen and oxygen atoms in total. The number of hydrogen-bond acceptors (Lipinski definition) is 4. The van der Waals surface area contributed by atoms with Crippen molar-refractivity contribution in [2.24, 2.45) is 0 Å². The minimum absolute atomic E-state index is 0.0171. The average Bonchev–Trinajstić information content (AvgIpc) is 2.37. The molecule has 2 rings (SSSR count). The highest BCUT2D eigenvalue weighted by Gasteiger charge is 2.27. The molecule has 0 aliphatic rings. The lowest BCUT2D eigenvalue weighted by molar-refractivity contribution is 0.0674. The van der Waals surface area contributed by atoms with Crippen molar-refractivity contribution in [3.63, 3.8) is 0 Å². The summed E-state index contributed by atoms with van der Waals surface area (Å²) in [6, 6.07) is 3.01. The molecule has 2 N–H and O–H groups in total. The van der Waals surface area contributed by atoms with Crippen LogP contribution < -0.4 is 5.32 Å². The molecule has 1 aromatic carbocycles. The Balaban J connectivity index is 2.17. The van der Waals surface area contributed by atoms with E-state index in [-0.39, 0.29) is 17.1 Å². The number of nitrogens with one attached hydrogen (secondary N) is 1. The molecule has 0 fully saturated rings. The second kappa shape index (κ2) is 5.68. The van der Waals surface area contributed by atoms with Gasteiger partial charge >= 0.3 is 0 Å². The number of benzene rings is 1. The van der Waals surface area contributed by atoms with Crippen molar-refractivity contribution in [3.8, 4) is 0 Å². The SMILES string of the molecule is CC(O)(CNc1ncncc1Cl)c1ccc(F)cc1F. The lowest BCUT2D eigenvalue weighted by Gasteiger charge is -2.25. The zero-order chi connectivity index (χ0) is 14.8. The third-order valence-electron chi connectivity index (χ3n) is 2.78. The Morgan fingerprint density at radius 1 is 1.40 bits per heavy atom. The largest absolute Gasteiger partial charge is 0.383 e. The first-order valence-electron chi connectivity index (χ1n) is 5.77. The van der Waals surface area contributed by atoms with Crippen molar-refractivity contribution in [2.75, 3.05) is 11.9 Å². The van der Waals surface area contributed by atoms with Gasteiger partial charge in [0, 0.05) is 18.2 Å². The Kier molecular flexibility index (Phi) is 4.15. The van der Waals surface area contributed by atoms with Crippen LogP contribution in [0.3, 0.4) is 0 Å². The molecule has 2 aromatic rings. The van der Waals surface area contributed by atoms with Crippen molar-refractivity contribution >= 4 is 17.4 Å². The Morgan fingerprint density at radius 2 is 2.15 bits per heavy atom. The molecule has 1 aromatic heterocycles. The van der Waals surface area contributed by atoms with Crippen LogP contribution in [0.2, 0.25) is 5.02 Å². The second-order valence-electron chi connectivity index (χ2n) is 4.47. The molecule has 0 saturated carbocycles. The van der Waals surface area contributed by atoms with Crippen molar-refractivity contribution < 1.29 is 13.9 Å². The molecule has 1 heterocycles. The van der Waals surface area contributed by atoms with Crippen LogP contribution in [0, 0.1) is 11.6 Å². The fourth-order valence-electron chi connectivity index (χ4n) is 1.72. The van der Waals surface area contributed by atoms with Crippen molar-refractivity contribution in [1.82, 2.24) is 9.97 Å². The van der Waals surface area contributed by atoms with Crippen molar-refractivity contribution in [1.29, 1.82) is 0 Å². The monoisotopic (exact) mass is 299 g/mol. The maximum Gasteiger partial charge on any atom is 0.148 e. The Bertz CT molecular complexity index is 622. The van der Waals surface area contributed by atoms with Crippen LogP contribution in [0.5, 0.6) is 0 Å². The number of anilines is 1. The highest BCUT2D eigenvalue weighted by atomic mass is 35.5. The molecule has 1 atom stereocenters. The summed E-state index contributed by atoms with van der Waals surface area (Å²) in [6.07, 6.45) is 2.69. The van der Waals surface area contributed by atoms with Crippen LogP contribution in [-0.4, -0.2) is 21.6 Å². The smallest absolute Gasteiger partial charge is 0.148 e. The first-order chi connectivity index (χ1) is 9.40. The first kappa shape index (κ1) is 14.6. The molecule has 0 aliphatic carbocycles. The van der Waals surface area contributed by atoms with Gasteiger partial charge in [0.05, 0.1) is 6.20 Å². The van der Waals surface area contributed by atoms with Crippen molar-refractivity contribution in [2.45, 2.75) is 12.5 Å². The Hall–Kier alpha value is -1.79. The summed E-state index contributed by atoms with van der Waals surface area (Å²) in [5.74, 6) is -1.19. The van der Waals surface area contributed by atoms with Gasteiger partial charge in [0.1, 0.15) is 34.4 Å². The standard InChI is InChI=1S/C13H12ClF2N3O/c1-13(20,9-3-2-8(15)4-11(9)16)6-18-12-10(14)5-17-7-19-12/h2-5,7,20H,6H2,1H3,(H,17,18,19). The van der Waals surface area contributed by atoms with E-state index in [1.165, 1.54) is 25.5 Å². The fraction of sp³-hybridized carbons (Fsp3) is 0.231. The van der Waals surface area contributed by atoms with Crippen molar-refractivity contribution in [3.05, 3.63) is 52.9 Å². The summed E-state index contributed by atoms with van der Waals surface area (Å²) in [5.41, 5.74) is -1.57. The van der Waals surface area contributed by atoms with E-state index >= 15 is 0 Å². The molecule has 106 valence electrons. The van der Waals surface area contributed by atoms with Crippen LogP contribution in [0.25, 0.3) is 0 Å². The lowest BCUT2D eigenvalue weighted by atomic mass is 9.95. The van der Waals surface area contributed by atoms with Gasteiger partial charge in [0.15, 0.2) is 0 Å². The predicted molar refractivity (Wildman–Crippen MR) is 71.5 cm³/mol. The molecule has 0 spiro atoms. The van der Waals surface area contributed by atoms with E-state index in [1.807, 2.05) is 0 Å². The molecular formula is C13H12ClF2N3O. The van der Waals surface area contributed by atoms with E-state index in [9.17, 15) is 13.9 Å². The van der Waals surface area contributed by atoms with Gasteiger partial charge in [-0.1, -0.05) is 17.7 Å². The summed E-state index contributed by atoms with van der Waals surface area (Å²) in [5, 5.41) is 13.4. The van der Waals surface area contributed by atoms with E-state index in [0.29, 0.717) is 5.82 Å². The summed E-state index contributed by atoms with van der Waals surface area (Å²) in [6.45, 7) is 1.36. The average molecular weight is 300 g/mol. The van der Waals surface area contributed by atoms with Gasteiger partial charge in [-0.3, -0.25) is 0 Å². The molecule has 0 bridgehead atoms. The summed E-state index contributed by atoms with van der Waals surface area (Å²) >= 11 is 5.86. The number of hydrogen-bond donors (Lipinski definition) is 2. The molecule has 1 unspecified atom stereocenters. The topological polar surface area (TPSA) is 58.0 Å². The third-order valence-corrected chi connectivity index (χ3v) is 3.06. The van der Waals surface area contributed by atoms with Gasteiger partial charge in [-0.2, -0.15) is 0 Å². The van der Waals surface area contributed by atoms with Gasteiger partial charge in [-0.15, -0.1) is 0 Å². The van der Waals surface area contributed by atoms with Crippen LogP contribution in [-0.2, 0) is 5.60 Å². The van der Waals surface area contributed by atoms with Gasteiger partial charge in [0.2, 0.25) is 0 Å². The maximum atomic E-state index is 13.7. The van der Waals surface area contributed by atoms with E-state index in [4.69, 9.17) is 11.6 Å². The molecule has 0 radical (unpaired) electrons. The van der Waals surface area contributed by atoms with E-state index in [1.54, 1.807) is 0 Å². The fourth-order valence-corrected chi connectivity index (χ4v) is 1.89. The van der Waals surface area contributed by atoms with Gasteiger partial charge in [-0.05, 0) is 13.0 Å². The van der Waals surface area contributed by atoms with Crippen LogP contribution in [0.4, 0.5) is 14.6 Å². The van der Waals surface area contributed by atoms with E-state index in [2.05, 4.69) is 15.3 Å². The minimum atomic E-state index is -1.55. The van der Waals surface area contributed by atoms with Gasteiger partial charge in [-0.25, -0.2) is 18.7 Å². The zero-order valence-corrected chi connectivity index (χ0v) is 11.3. The number of aromatic nitrogens is 2. The summed E-state index contributed by atoms with van der Waals surface area (Å²) < 4.78 is 26.5. The minimum Gasteiger partial charge on any atom is -0.383 e. The number of halogens is 3. The number of rotatable bonds is 4. The summed E-state index contributed by atoms with van der Waals surface area (Å²) in [4.78, 5) is 7.62. The van der Waals surface area contributed by atoms with Crippen LogP contribution >= 0.6 is 11.6 Å². The maximum absolute atomic E-state index is 13.7. The quantitative estimate of drug-likeness (QED) is 0.911. The van der Waals surface area contributed by atoms with Gasteiger partial charge in [0.25, 0.3) is 0 Å². The second-order valence-corrected chi connectivity index (χ2v) is 4.88. The molecular weight excluding hydrogens is 288 g/mol. The van der Waals surface area contributed by atoms with Crippen LogP contribution in [0.15, 0.2) is 30.7 Å². The number of aliphatic hydroxyl groups is 1. The van der Waals surface area contributed by atoms with Gasteiger partial charge < -0.3 is 10.4 Å². The third kappa shape index (κ3) is 3.20. The molecule has 0 aliphatic heterocycles. The van der Waals surface area contributed by atoms with Crippen LogP contribution in [0.1, 0.15) is 12.5 Å². The molecule has 7 heteroatoms. The Morgan fingerprint density at radius 3 is 2.80 bits per heavy atom. The molecule has 0 amide bonds. The zero-order valence-electron chi connectivity index (χ0n) is 10.6. The van der Waals surface area contributed by atoms with E-state index < -0.39 is 17.2 Å². The predicted octanol–water partition coefficient (Wildman–Crippen LogP) is 2.73. The molecule has 20 heavy (non-hydrogen) atoms. The summed E-state index contributed by atoms with van der Waals surface area (Å²) in [7, 11) is 0. The molecule has 0 saturated heterocycles. The van der Waals surface area contributed by atoms with E-state index in [0.717, 1.165) is 12.1 Å². The Labute approximate surface area is 119 Å².